The first-order chi connectivity index (χ1) is 12.0. The van der Waals surface area contributed by atoms with Crippen molar-refractivity contribution in [2.45, 2.75) is 6.92 Å². The molecule has 2 heterocycles. The van der Waals surface area contributed by atoms with Crippen LogP contribution in [0.1, 0.15) is 11.3 Å². The van der Waals surface area contributed by atoms with E-state index in [2.05, 4.69) is 6.58 Å². The Kier molecular flexibility index (Phi) is 4.78. The summed E-state index contributed by atoms with van der Waals surface area (Å²) in [6, 6.07) is 9.40. The summed E-state index contributed by atoms with van der Waals surface area (Å²) in [4.78, 5) is 27.3. The highest BCUT2D eigenvalue weighted by Gasteiger charge is 2.31. The fraction of sp³-hybridized carbons (Fsp3) is 0.167. The largest absolute Gasteiger partial charge is 0.289 e. The highest BCUT2D eigenvalue weighted by molar-refractivity contribution is 8.26. The molecule has 0 spiro atoms. The molecule has 1 amide bonds. The summed E-state index contributed by atoms with van der Waals surface area (Å²) in [6.45, 7) is 5.86. The molecule has 0 atom stereocenters. The van der Waals surface area contributed by atoms with Crippen molar-refractivity contribution < 1.29 is 4.79 Å². The average molecular weight is 371 g/mol. The van der Waals surface area contributed by atoms with Gasteiger partial charge in [0.15, 0.2) is 0 Å². The Bertz CT molecular complexity index is 955. The fourth-order valence-corrected chi connectivity index (χ4v) is 3.93. The van der Waals surface area contributed by atoms with Crippen LogP contribution in [-0.4, -0.2) is 31.0 Å². The first-order valence-corrected chi connectivity index (χ1v) is 8.88. The maximum atomic E-state index is 12.9. The van der Waals surface area contributed by atoms with Gasteiger partial charge in [-0.05, 0) is 25.1 Å². The molecular formula is C18H17N3O2S2. The number of hydrogen-bond donors (Lipinski definition) is 0. The van der Waals surface area contributed by atoms with Crippen LogP contribution in [-0.2, 0) is 11.8 Å². The van der Waals surface area contributed by atoms with Gasteiger partial charge in [-0.3, -0.25) is 19.2 Å². The van der Waals surface area contributed by atoms with E-state index in [9.17, 15) is 9.59 Å². The van der Waals surface area contributed by atoms with E-state index >= 15 is 0 Å². The minimum atomic E-state index is -0.191. The number of carbonyl (C=O) groups excluding carboxylic acids is 1. The lowest BCUT2D eigenvalue weighted by atomic mass is 10.2. The van der Waals surface area contributed by atoms with Crippen LogP contribution in [0, 0.1) is 6.92 Å². The van der Waals surface area contributed by atoms with E-state index in [4.69, 9.17) is 12.2 Å². The van der Waals surface area contributed by atoms with Crippen molar-refractivity contribution in [3.63, 3.8) is 0 Å². The number of aromatic nitrogens is 2. The molecule has 7 heteroatoms. The van der Waals surface area contributed by atoms with Gasteiger partial charge in [-0.2, -0.15) is 0 Å². The topological polar surface area (TPSA) is 47.2 Å². The van der Waals surface area contributed by atoms with Crippen LogP contribution in [0.15, 0.2) is 52.7 Å². The van der Waals surface area contributed by atoms with E-state index in [-0.39, 0.29) is 11.5 Å². The highest BCUT2D eigenvalue weighted by Crippen LogP contribution is 2.32. The molecule has 1 aliphatic rings. The third-order valence-electron chi connectivity index (χ3n) is 4.06. The molecule has 2 aromatic rings. The van der Waals surface area contributed by atoms with Crippen molar-refractivity contribution in [2.24, 2.45) is 7.05 Å². The molecule has 1 aromatic heterocycles. The summed E-state index contributed by atoms with van der Waals surface area (Å²) in [5.74, 6) is -0.191. The minimum Gasteiger partial charge on any atom is -0.289 e. The molecule has 0 bridgehead atoms. The van der Waals surface area contributed by atoms with Crippen LogP contribution < -0.4 is 5.56 Å². The van der Waals surface area contributed by atoms with E-state index in [1.54, 1.807) is 21.5 Å². The van der Waals surface area contributed by atoms with Gasteiger partial charge in [-0.15, -0.1) is 6.58 Å². The van der Waals surface area contributed by atoms with Crippen LogP contribution in [0.4, 0.5) is 0 Å². The Morgan fingerprint density at radius 3 is 2.56 bits per heavy atom. The third kappa shape index (κ3) is 3.01. The first kappa shape index (κ1) is 17.4. The molecular weight excluding hydrogens is 354 g/mol. The summed E-state index contributed by atoms with van der Waals surface area (Å²) in [6.07, 6.45) is 3.27. The second kappa shape index (κ2) is 6.85. The van der Waals surface area contributed by atoms with Crippen molar-refractivity contribution in [1.29, 1.82) is 0 Å². The molecule has 1 aromatic carbocycles. The van der Waals surface area contributed by atoms with Gasteiger partial charge in [-0.1, -0.05) is 48.3 Å². The number of para-hydroxylation sites is 1. The lowest BCUT2D eigenvalue weighted by molar-refractivity contribution is -0.121. The second-order valence-electron chi connectivity index (χ2n) is 5.56. The molecule has 25 heavy (non-hydrogen) atoms. The van der Waals surface area contributed by atoms with Gasteiger partial charge in [0.05, 0.1) is 16.2 Å². The number of nitrogens with zero attached hydrogens (tertiary/aromatic N) is 3. The van der Waals surface area contributed by atoms with Gasteiger partial charge >= 0.3 is 0 Å². The molecule has 3 rings (SSSR count). The number of benzene rings is 1. The van der Waals surface area contributed by atoms with Crippen molar-refractivity contribution >= 4 is 40.3 Å². The lowest BCUT2D eigenvalue weighted by Crippen LogP contribution is -2.27. The number of amides is 1. The summed E-state index contributed by atoms with van der Waals surface area (Å²) in [7, 11) is 1.82. The number of rotatable bonds is 4. The van der Waals surface area contributed by atoms with Crippen LogP contribution >= 0.6 is 24.0 Å². The van der Waals surface area contributed by atoms with E-state index in [1.165, 1.54) is 16.7 Å². The van der Waals surface area contributed by atoms with Gasteiger partial charge in [0, 0.05) is 19.3 Å². The zero-order chi connectivity index (χ0) is 18.1. The zero-order valence-corrected chi connectivity index (χ0v) is 15.6. The smallest absolute Gasteiger partial charge is 0.278 e. The zero-order valence-electron chi connectivity index (χ0n) is 13.9. The molecule has 128 valence electrons. The summed E-state index contributed by atoms with van der Waals surface area (Å²) in [5, 5.41) is 0. The molecule has 1 saturated heterocycles. The SMILES string of the molecule is C=CCN1C(=O)/C(=C\c2c(C)n(C)n(-c3ccccc3)c2=O)SC1=S. The van der Waals surface area contributed by atoms with Crippen LogP contribution in [0.5, 0.6) is 0 Å². The van der Waals surface area contributed by atoms with E-state index in [0.29, 0.717) is 21.3 Å². The normalized spacial score (nSPS) is 16.1. The quantitative estimate of drug-likeness (QED) is 0.471. The van der Waals surface area contributed by atoms with E-state index in [1.807, 2.05) is 44.3 Å². The maximum Gasteiger partial charge on any atom is 0.278 e. The summed E-state index contributed by atoms with van der Waals surface area (Å²) >= 11 is 6.45. The number of thioether (sulfide) groups is 1. The summed E-state index contributed by atoms with van der Waals surface area (Å²) < 4.78 is 3.85. The minimum absolute atomic E-state index is 0.166. The maximum absolute atomic E-state index is 12.9. The van der Waals surface area contributed by atoms with Crippen molar-refractivity contribution in [2.75, 3.05) is 6.54 Å². The molecule has 0 aliphatic carbocycles. The van der Waals surface area contributed by atoms with Gasteiger partial charge in [0.1, 0.15) is 4.32 Å². The molecule has 0 unspecified atom stereocenters. The average Bonchev–Trinajstić information content (AvgIpc) is 2.98. The number of thiocarbonyl (C=S) groups is 1. The fourth-order valence-electron chi connectivity index (χ4n) is 2.67. The third-order valence-corrected chi connectivity index (χ3v) is 5.44. The predicted octanol–water partition coefficient (Wildman–Crippen LogP) is 2.87. The molecule has 0 radical (unpaired) electrons. The van der Waals surface area contributed by atoms with E-state index < -0.39 is 0 Å². The standard InChI is InChI=1S/C18H17N3O2S2/c1-4-10-20-17(23)15(25-18(20)24)11-14-12(2)19(3)21(16(14)22)13-8-6-5-7-9-13/h4-9,11H,1,10H2,2-3H3/b15-11+. The Balaban J connectivity index is 2.08. The molecule has 5 nitrogen and oxygen atoms in total. The first-order valence-electron chi connectivity index (χ1n) is 7.66. The van der Waals surface area contributed by atoms with Gasteiger partial charge in [-0.25, -0.2) is 4.68 Å². The Labute approximate surface area is 155 Å². The van der Waals surface area contributed by atoms with Gasteiger partial charge < -0.3 is 0 Å². The number of carbonyl (C=O) groups is 1. The Morgan fingerprint density at radius 1 is 1.24 bits per heavy atom. The Hall–Kier alpha value is -2.38. The van der Waals surface area contributed by atoms with Crippen molar-refractivity contribution in [3.05, 3.63) is 69.5 Å². The van der Waals surface area contributed by atoms with Crippen LogP contribution in [0.25, 0.3) is 11.8 Å². The van der Waals surface area contributed by atoms with E-state index in [0.717, 1.165) is 11.4 Å². The monoisotopic (exact) mass is 371 g/mol. The number of hydrogen-bond acceptors (Lipinski definition) is 4. The van der Waals surface area contributed by atoms with Crippen LogP contribution in [0.3, 0.4) is 0 Å². The van der Waals surface area contributed by atoms with Gasteiger partial charge in [0.25, 0.3) is 11.5 Å². The van der Waals surface area contributed by atoms with Gasteiger partial charge in [0.2, 0.25) is 0 Å². The molecule has 0 saturated carbocycles. The lowest BCUT2D eigenvalue weighted by Gasteiger charge is -2.10. The highest BCUT2D eigenvalue weighted by atomic mass is 32.2. The Morgan fingerprint density at radius 2 is 1.92 bits per heavy atom. The molecule has 0 N–H and O–H groups in total. The molecule has 1 fully saturated rings. The predicted molar refractivity (Wildman–Crippen MR) is 106 cm³/mol. The van der Waals surface area contributed by atoms with Crippen molar-refractivity contribution in [1.82, 2.24) is 14.3 Å². The summed E-state index contributed by atoms with van der Waals surface area (Å²) in [5.41, 5.74) is 1.88. The molecule has 1 aliphatic heterocycles. The van der Waals surface area contributed by atoms with Crippen molar-refractivity contribution in [3.8, 4) is 5.69 Å². The van der Waals surface area contributed by atoms with Crippen LogP contribution in [0.2, 0.25) is 0 Å². The second-order valence-corrected chi connectivity index (χ2v) is 7.23.